The molecule has 0 aliphatic carbocycles. The molecule has 1 unspecified atom stereocenters. The Kier molecular flexibility index (Phi) is 4.35. The molecule has 0 aromatic carbocycles. The maximum Gasteiger partial charge on any atom is 0.265 e. The van der Waals surface area contributed by atoms with E-state index in [-0.39, 0.29) is 5.91 Å². The van der Waals surface area contributed by atoms with Crippen molar-refractivity contribution >= 4 is 33.2 Å². The zero-order valence-corrected chi connectivity index (χ0v) is 11.5. The third kappa shape index (κ3) is 2.63. The second-order valence-corrected chi connectivity index (χ2v) is 5.67. The highest BCUT2D eigenvalue weighted by Crippen LogP contribution is 2.23. The molecule has 2 heterocycles. The highest BCUT2D eigenvalue weighted by molar-refractivity contribution is 9.09. The third-order valence-electron chi connectivity index (χ3n) is 2.97. The average molecular weight is 303 g/mol. The van der Waals surface area contributed by atoms with Crippen LogP contribution in [-0.4, -0.2) is 33.7 Å². The lowest BCUT2D eigenvalue weighted by Gasteiger charge is -2.35. The Balaban J connectivity index is 2.08. The number of thiazole rings is 1. The molecule has 5 heteroatoms. The Bertz CT molecular complexity index is 340. The number of nitrogens with zero attached hydrogens (tertiary/aromatic N) is 2. The van der Waals surface area contributed by atoms with Crippen LogP contribution in [0.15, 0.2) is 11.7 Å². The number of hydrogen-bond acceptors (Lipinski definition) is 3. The van der Waals surface area contributed by atoms with Gasteiger partial charge in [0, 0.05) is 17.9 Å². The number of likely N-dealkylation sites (tertiary alicyclic amines) is 1. The standard InChI is InChI=1S/C11H15BrN2OS/c12-5-4-9-3-1-2-6-14(9)11(15)10-7-13-8-16-10/h7-9H,1-6H2. The average Bonchev–Trinajstić information content (AvgIpc) is 2.83. The molecule has 16 heavy (non-hydrogen) atoms. The van der Waals surface area contributed by atoms with Crippen molar-refractivity contribution in [2.45, 2.75) is 31.7 Å². The van der Waals surface area contributed by atoms with Gasteiger partial charge < -0.3 is 4.90 Å². The minimum absolute atomic E-state index is 0.160. The molecule has 88 valence electrons. The van der Waals surface area contributed by atoms with Crippen LogP contribution in [0.25, 0.3) is 0 Å². The molecule has 0 radical (unpaired) electrons. The second-order valence-electron chi connectivity index (χ2n) is 3.99. The molecule has 1 fully saturated rings. The SMILES string of the molecule is O=C(c1cncs1)N1CCCCC1CCBr. The number of carbonyl (C=O) groups excluding carboxylic acids is 1. The minimum atomic E-state index is 0.160. The summed E-state index contributed by atoms with van der Waals surface area (Å²) >= 11 is 4.89. The van der Waals surface area contributed by atoms with Crippen LogP contribution in [0, 0.1) is 0 Å². The summed E-state index contributed by atoms with van der Waals surface area (Å²) < 4.78 is 0. The molecule has 1 aliphatic rings. The van der Waals surface area contributed by atoms with Crippen molar-refractivity contribution < 1.29 is 4.79 Å². The molecule has 0 N–H and O–H groups in total. The number of halogens is 1. The fraction of sp³-hybridized carbons (Fsp3) is 0.636. The number of hydrogen-bond donors (Lipinski definition) is 0. The molecule has 1 amide bonds. The molecule has 1 aliphatic heterocycles. The molecular formula is C11H15BrN2OS. The predicted molar refractivity (Wildman–Crippen MR) is 69.2 cm³/mol. The first-order valence-electron chi connectivity index (χ1n) is 5.58. The van der Waals surface area contributed by atoms with E-state index in [0.717, 1.165) is 36.0 Å². The summed E-state index contributed by atoms with van der Waals surface area (Å²) in [6.45, 7) is 0.897. The Morgan fingerprint density at radius 2 is 2.50 bits per heavy atom. The number of alkyl halides is 1. The van der Waals surface area contributed by atoms with Crippen molar-refractivity contribution in [3.05, 3.63) is 16.6 Å². The molecule has 1 aromatic rings. The maximum atomic E-state index is 12.2. The number of rotatable bonds is 3. The van der Waals surface area contributed by atoms with Crippen LogP contribution in [-0.2, 0) is 0 Å². The highest BCUT2D eigenvalue weighted by atomic mass is 79.9. The fourth-order valence-electron chi connectivity index (χ4n) is 2.16. The molecule has 2 rings (SSSR count). The van der Waals surface area contributed by atoms with Gasteiger partial charge in [-0.05, 0) is 25.7 Å². The first kappa shape index (κ1) is 12.0. The summed E-state index contributed by atoms with van der Waals surface area (Å²) in [6.07, 6.45) is 6.22. The summed E-state index contributed by atoms with van der Waals surface area (Å²) in [5.41, 5.74) is 1.72. The van der Waals surface area contributed by atoms with E-state index < -0.39 is 0 Å². The summed E-state index contributed by atoms with van der Waals surface area (Å²) in [5, 5.41) is 0.962. The van der Waals surface area contributed by atoms with Gasteiger partial charge in [0.1, 0.15) is 4.88 Å². The van der Waals surface area contributed by atoms with E-state index in [1.807, 2.05) is 4.90 Å². The molecule has 0 saturated carbocycles. The molecular weight excluding hydrogens is 288 g/mol. The van der Waals surface area contributed by atoms with E-state index in [2.05, 4.69) is 20.9 Å². The van der Waals surface area contributed by atoms with Crippen molar-refractivity contribution in [1.29, 1.82) is 0 Å². The van der Waals surface area contributed by atoms with Gasteiger partial charge >= 0.3 is 0 Å². The zero-order valence-electron chi connectivity index (χ0n) is 9.06. The summed E-state index contributed by atoms with van der Waals surface area (Å²) in [7, 11) is 0. The van der Waals surface area contributed by atoms with Gasteiger partial charge in [0.25, 0.3) is 5.91 Å². The first-order chi connectivity index (χ1) is 7.83. The van der Waals surface area contributed by atoms with E-state index in [4.69, 9.17) is 0 Å². The van der Waals surface area contributed by atoms with Crippen molar-refractivity contribution in [2.75, 3.05) is 11.9 Å². The van der Waals surface area contributed by atoms with Gasteiger partial charge in [-0.25, -0.2) is 0 Å². The molecule has 1 aromatic heterocycles. The monoisotopic (exact) mass is 302 g/mol. The van der Waals surface area contributed by atoms with Gasteiger partial charge in [0.2, 0.25) is 0 Å². The number of amides is 1. The Labute approximate surface area is 108 Å². The topological polar surface area (TPSA) is 33.2 Å². The fourth-order valence-corrected chi connectivity index (χ4v) is 3.26. The zero-order chi connectivity index (χ0) is 11.4. The number of piperidine rings is 1. The lowest BCUT2D eigenvalue weighted by molar-refractivity contribution is 0.0615. The van der Waals surface area contributed by atoms with E-state index in [0.29, 0.717) is 6.04 Å². The maximum absolute atomic E-state index is 12.2. The second kappa shape index (κ2) is 5.77. The van der Waals surface area contributed by atoms with Crippen molar-refractivity contribution in [3.8, 4) is 0 Å². The van der Waals surface area contributed by atoms with Crippen molar-refractivity contribution in [1.82, 2.24) is 9.88 Å². The Hall–Kier alpha value is -0.420. The van der Waals surface area contributed by atoms with Crippen LogP contribution in [0.1, 0.15) is 35.4 Å². The van der Waals surface area contributed by atoms with Gasteiger partial charge in [-0.15, -0.1) is 11.3 Å². The van der Waals surface area contributed by atoms with Crippen LogP contribution in [0.2, 0.25) is 0 Å². The predicted octanol–water partition coefficient (Wildman–Crippen LogP) is 2.92. The van der Waals surface area contributed by atoms with Crippen LogP contribution in [0.3, 0.4) is 0 Å². The Morgan fingerprint density at radius 1 is 1.62 bits per heavy atom. The summed E-state index contributed by atoms with van der Waals surface area (Å²) in [6, 6.07) is 0.405. The van der Waals surface area contributed by atoms with Crippen molar-refractivity contribution in [2.24, 2.45) is 0 Å². The van der Waals surface area contributed by atoms with Gasteiger partial charge in [-0.3, -0.25) is 9.78 Å². The van der Waals surface area contributed by atoms with Gasteiger partial charge in [-0.1, -0.05) is 15.9 Å². The lowest BCUT2D eigenvalue weighted by atomic mass is 10.00. The lowest BCUT2D eigenvalue weighted by Crippen LogP contribution is -2.43. The van der Waals surface area contributed by atoms with E-state index in [1.54, 1.807) is 11.7 Å². The molecule has 0 spiro atoms. The van der Waals surface area contributed by atoms with Crippen molar-refractivity contribution in [3.63, 3.8) is 0 Å². The Morgan fingerprint density at radius 3 is 3.19 bits per heavy atom. The number of carbonyl (C=O) groups is 1. The third-order valence-corrected chi connectivity index (χ3v) is 4.19. The molecule has 0 bridgehead atoms. The van der Waals surface area contributed by atoms with E-state index >= 15 is 0 Å². The van der Waals surface area contributed by atoms with Crippen LogP contribution in [0.5, 0.6) is 0 Å². The molecule has 1 saturated heterocycles. The van der Waals surface area contributed by atoms with Crippen LogP contribution < -0.4 is 0 Å². The quantitative estimate of drug-likeness (QED) is 0.804. The number of aromatic nitrogens is 1. The van der Waals surface area contributed by atoms with Gasteiger partial charge in [-0.2, -0.15) is 0 Å². The largest absolute Gasteiger partial charge is 0.335 e. The highest BCUT2D eigenvalue weighted by Gasteiger charge is 2.27. The summed E-state index contributed by atoms with van der Waals surface area (Å²) in [5.74, 6) is 0.160. The summed E-state index contributed by atoms with van der Waals surface area (Å²) in [4.78, 5) is 19.0. The minimum Gasteiger partial charge on any atom is -0.335 e. The van der Waals surface area contributed by atoms with Crippen LogP contribution in [0.4, 0.5) is 0 Å². The normalized spacial score (nSPS) is 21.1. The van der Waals surface area contributed by atoms with E-state index in [1.165, 1.54) is 17.8 Å². The molecule has 3 nitrogen and oxygen atoms in total. The van der Waals surface area contributed by atoms with Crippen LogP contribution >= 0.6 is 27.3 Å². The molecule has 1 atom stereocenters. The smallest absolute Gasteiger partial charge is 0.265 e. The van der Waals surface area contributed by atoms with E-state index in [9.17, 15) is 4.79 Å². The van der Waals surface area contributed by atoms with Gasteiger partial charge in [0.05, 0.1) is 11.7 Å². The first-order valence-corrected chi connectivity index (χ1v) is 7.58. The van der Waals surface area contributed by atoms with Gasteiger partial charge in [0.15, 0.2) is 0 Å².